The summed E-state index contributed by atoms with van der Waals surface area (Å²) in [7, 11) is 0. The smallest absolute Gasteiger partial charge is 0.141 e. The number of rotatable bonds is 2. The lowest BCUT2D eigenvalue weighted by atomic mass is 9.78. The van der Waals surface area contributed by atoms with Crippen molar-refractivity contribution in [1.82, 2.24) is 0 Å². The van der Waals surface area contributed by atoms with Gasteiger partial charge in [0.25, 0.3) is 0 Å². The fraction of sp³-hybridized carbons (Fsp3) is 0.533. The molecule has 0 spiro atoms. The van der Waals surface area contributed by atoms with Crippen LogP contribution >= 0.6 is 11.6 Å². The summed E-state index contributed by atoms with van der Waals surface area (Å²) in [6.45, 7) is 4.00. The van der Waals surface area contributed by atoms with Gasteiger partial charge in [0.15, 0.2) is 0 Å². The fourth-order valence-electron chi connectivity index (χ4n) is 2.80. The van der Waals surface area contributed by atoms with E-state index < -0.39 is 0 Å². The molecule has 1 nitrogen and oxygen atoms in total. The molecule has 0 unspecified atom stereocenters. The highest BCUT2D eigenvalue weighted by molar-refractivity contribution is 6.30. The molecule has 0 aromatic heterocycles. The number of hydrogen-bond donors (Lipinski definition) is 0. The van der Waals surface area contributed by atoms with Crippen molar-refractivity contribution in [2.75, 3.05) is 0 Å². The van der Waals surface area contributed by atoms with E-state index in [9.17, 15) is 9.65 Å². The minimum absolute atomic E-state index is 0.190. The molecule has 0 saturated heterocycles. The monoisotopic (exact) mass is 265 g/mol. The Labute approximate surface area is 113 Å². The first-order valence-electron chi connectivity index (χ1n) is 6.30. The lowest BCUT2D eigenvalue weighted by molar-refractivity contribution is 0.297. The number of nitrogens with zero attached hydrogens (tertiary/aromatic N) is 1. The van der Waals surface area contributed by atoms with E-state index in [1.165, 1.54) is 6.07 Å². The van der Waals surface area contributed by atoms with Crippen molar-refractivity contribution in [3.05, 3.63) is 34.6 Å². The van der Waals surface area contributed by atoms with E-state index in [0.717, 1.165) is 24.8 Å². The Balaban J connectivity index is 2.14. The number of hydrogen-bond acceptors (Lipinski definition) is 1. The van der Waals surface area contributed by atoms with Crippen molar-refractivity contribution >= 4 is 11.6 Å². The first kappa shape index (κ1) is 13.4. The van der Waals surface area contributed by atoms with Crippen LogP contribution in [0.3, 0.4) is 0 Å². The molecule has 96 valence electrons. The van der Waals surface area contributed by atoms with Crippen LogP contribution in [0.15, 0.2) is 18.2 Å². The third-order valence-corrected chi connectivity index (χ3v) is 4.45. The molecular weight excluding hydrogens is 249 g/mol. The van der Waals surface area contributed by atoms with E-state index in [2.05, 4.69) is 6.07 Å². The van der Waals surface area contributed by atoms with Crippen molar-refractivity contribution in [3.8, 4) is 6.07 Å². The molecule has 0 radical (unpaired) electrons. The van der Waals surface area contributed by atoms with Crippen molar-refractivity contribution < 1.29 is 4.39 Å². The van der Waals surface area contributed by atoms with E-state index in [1.807, 2.05) is 19.9 Å². The number of nitriles is 1. The van der Waals surface area contributed by atoms with E-state index >= 15 is 0 Å². The van der Waals surface area contributed by atoms with Gasteiger partial charge in [-0.1, -0.05) is 17.7 Å². The van der Waals surface area contributed by atoms with Crippen LogP contribution < -0.4 is 0 Å². The average Bonchev–Trinajstić information content (AvgIpc) is 2.83. The molecule has 0 N–H and O–H groups in total. The van der Waals surface area contributed by atoms with Gasteiger partial charge in [0.05, 0.1) is 16.5 Å². The zero-order valence-corrected chi connectivity index (χ0v) is 11.5. The van der Waals surface area contributed by atoms with Crippen molar-refractivity contribution in [2.45, 2.75) is 39.0 Å². The summed E-state index contributed by atoms with van der Waals surface area (Å²) in [6.07, 6.45) is 3.10. The van der Waals surface area contributed by atoms with Gasteiger partial charge in [-0.15, -0.1) is 0 Å². The fourth-order valence-corrected chi connectivity index (χ4v) is 2.99. The van der Waals surface area contributed by atoms with E-state index in [-0.39, 0.29) is 16.3 Å². The summed E-state index contributed by atoms with van der Waals surface area (Å²) < 4.78 is 13.1. The van der Waals surface area contributed by atoms with Gasteiger partial charge in [-0.2, -0.15) is 5.26 Å². The van der Waals surface area contributed by atoms with Gasteiger partial charge in [0.1, 0.15) is 5.82 Å². The average molecular weight is 266 g/mol. The predicted octanol–water partition coefficient (Wildman–Crippen LogP) is 4.91. The largest absolute Gasteiger partial charge is 0.205 e. The number of halogens is 2. The molecule has 1 aromatic carbocycles. The van der Waals surface area contributed by atoms with Gasteiger partial charge >= 0.3 is 0 Å². The molecule has 2 atom stereocenters. The summed E-state index contributed by atoms with van der Waals surface area (Å²) >= 11 is 5.82. The summed E-state index contributed by atoms with van der Waals surface area (Å²) in [6, 6.07) is 7.36. The topological polar surface area (TPSA) is 23.8 Å². The first-order chi connectivity index (χ1) is 8.44. The molecule has 18 heavy (non-hydrogen) atoms. The van der Waals surface area contributed by atoms with Crippen LogP contribution in [0.1, 0.15) is 44.6 Å². The molecule has 1 fully saturated rings. The maximum atomic E-state index is 13.1. The van der Waals surface area contributed by atoms with E-state index in [4.69, 9.17) is 11.6 Å². The van der Waals surface area contributed by atoms with Gasteiger partial charge in [-0.25, -0.2) is 4.39 Å². The SMILES string of the molecule is CC(C)(C#N)[C@H]1CC[C@@H](c2ccc(F)c(Cl)c2)C1. The van der Waals surface area contributed by atoms with Crippen LogP contribution in [-0.2, 0) is 0 Å². The van der Waals surface area contributed by atoms with Crippen molar-refractivity contribution in [2.24, 2.45) is 11.3 Å². The predicted molar refractivity (Wildman–Crippen MR) is 70.9 cm³/mol. The Hall–Kier alpha value is -1.07. The summed E-state index contributed by atoms with van der Waals surface area (Å²) in [4.78, 5) is 0. The third kappa shape index (κ3) is 2.52. The van der Waals surface area contributed by atoms with Crippen LogP contribution in [0.4, 0.5) is 4.39 Å². The molecule has 1 aliphatic carbocycles. The molecule has 0 amide bonds. The summed E-state index contributed by atoms with van der Waals surface area (Å²) in [5.41, 5.74) is 0.816. The number of benzene rings is 1. The van der Waals surface area contributed by atoms with Crippen LogP contribution in [0, 0.1) is 28.5 Å². The molecule has 1 aliphatic rings. The Bertz CT molecular complexity index is 490. The lowest BCUT2D eigenvalue weighted by Crippen LogP contribution is -2.19. The minimum atomic E-state index is -0.368. The summed E-state index contributed by atoms with van der Waals surface area (Å²) in [5, 5.41) is 9.36. The summed E-state index contributed by atoms with van der Waals surface area (Å²) in [5.74, 6) is 0.448. The second kappa shape index (κ2) is 4.90. The highest BCUT2D eigenvalue weighted by Gasteiger charge is 2.36. The van der Waals surface area contributed by atoms with E-state index in [0.29, 0.717) is 11.8 Å². The van der Waals surface area contributed by atoms with Crippen LogP contribution in [-0.4, -0.2) is 0 Å². The molecule has 2 rings (SSSR count). The van der Waals surface area contributed by atoms with Gasteiger partial charge < -0.3 is 0 Å². The standard InChI is InChI=1S/C15H17ClFN/c1-15(2,9-18)12-5-3-10(7-12)11-4-6-14(17)13(16)8-11/h4,6,8,10,12H,3,5,7H2,1-2H3/t10-,12+/m1/s1. The zero-order valence-electron chi connectivity index (χ0n) is 10.7. The minimum Gasteiger partial charge on any atom is -0.205 e. The Morgan fingerprint density at radius 2 is 2.11 bits per heavy atom. The van der Waals surface area contributed by atoms with Gasteiger partial charge in [-0.3, -0.25) is 0 Å². The van der Waals surface area contributed by atoms with Crippen molar-refractivity contribution in [1.29, 1.82) is 5.26 Å². The van der Waals surface area contributed by atoms with Gasteiger partial charge in [0.2, 0.25) is 0 Å². The molecule has 0 bridgehead atoms. The molecule has 3 heteroatoms. The van der Waals surface area contributed by atoms with E-state index in [1.54, 1.807) is 6.07 Å². The third-order valence-electron chi connectivity index (χ3n) is 4.16. The zero-order chi connectivity index (χ0) is 13.3. The lowest BCUT2D eigenvalue weighted by Gasteiger charge is -2.23. The first-order valence-corrected chi connectivity index (χ1v) is 6.68. The maximum absolute atomic E-state index is 13.1. The van der Waals surface area contributed by atoms with Crippen LogP contribution in [0.5, 0.6) is 0 Å². The molecular formula is C15H17ClFN. The molecule has 0 aliphatic heterocycles. The highest BCUT2D eigenvalue weighted by atomic mass is 35.5. The Morgan fingerprint density at radius 1 is 1.39 bits per heavy atom. The van der Waals surface area contributed by atoms with Gasteiger partial charge in [0, 0.05) is 0 Å². The Morgan fingerprint density at radius 3 is 2.72 bits per heavy atom. The molecule has 1 aromatic rings. The van der Waals surface area contributed by atoms with Crippen LogP contribution in [0.25, 0.3) is 0 Å². The Kier molecular flexibility index (Phi) is 3.64. The molecule has 1 saturated carbocycles. The quantitative estimate of drug-likeness (QED) is 0.745. The second-order valence-electron chi connectivity index (χ2n) is 5.71. The highest BCUT2D eigenvalue weighted by Crippen LogP contribution is 2.46. The van der Waals surface area contributed by atoms with Crippen LogP contribution in [0.2, 0.25) is 5.02 Å². The second-order valence-corrected chi connectivity index (χ2v) is 6.12. The molecule has 0 heterocycles. The maximum Gasteiger partial charge on any atom is 0.141 e. The normalized spacial score (nSPS) is 23.9. The van der Waals surface area contributed by atoms with Crippen molar-refractivity contribution in [3.63, 3.8) is 0 Å². The van der Waals surface area contributed by atoms with Gasteiger partial charge in [-0.05, 0) is 62.6 Å².